The number of carbonyl (C=O) groups excluding carboxylic acids is 2. The van der Waals surface area contributed by atoms with Crippen molar-refractivity contribution in [3.63, 3.8) is 0 Å². The van der Waals surface area contributed by atoms with Gasteiger partial charge in [-0.3, -0.25) is 23.4 Å². The van der Waals surface area contributed by atoms with Gasteiger partial charge in [0.15, 0.2) is 18.4 Å². The zero-order valence-corrected chi connectivity index (χ0v) is 32.6. The van der Waals surface area contributed by atoms with Crippen LogP contribution in [-0.4, -0.2) is 72.6 Å². The Kier molecular flexibility index (Phi) is 13.9. The fraction of sp³-hybridized carbons (Fsp3) is 0.226. The van der Waals surface area contributed by atoms with Crippen molar-refractivity contribution in [1.82, 2.24) is 9.55 Å². The number of carbonyl (C=O) groups is 2. The van der Waals surface area contributed by atoms with Gasteiger partial charge in [-0.1, -0.05) is 36.4 Å². The molecule has 0 saturated carbocycles. The number of phosphoric ester groups is 1. The van der Waals surface area contributed by atoms with Gasteiger partial charge in [-0.15, -0.1) is 0 Å². The number of nitrogens with zero attached hydrogens (tertiary/aromatic N) is 1. The number of aromatic nitrogens is 2. The van der Waals surface area contributed by atoms with E-state index in [1.54, 1.807) is 19.1 Å². The average Bonchev–Trinajstić information content (AvgIpc) is 3.46. The maximum absolute atomic E-state index is 13.3. The molecule has 57 heavy (non-hydrogen) atoms. The van der Waals surface area contributed by atoms with Gasteiger partial charge in [0.1, 0.15) is 11.9 Å². The van der Waals surface area contributed by atoms with Crippen LogP contribution in [0.5, 0.6) is 5.75 Å². The van der Waals surface area contributed by atoms with E-state index in [0.717, 1.165) is 29.0 Å². The van der Waals surface area contributed by atoms with Gasteiger partial charge in [0.25, 0.3) is 5.56 Å². The summed E-state index contributed by atoms with van der Waals surface area (Å²) in [7, 11) is -23.4. The van der Waals surface area contributed by atoms with Crippen LogP contribution in [0.4, 0.5) is 0 Å². The van der Waals surface area contributed by atoms with Crippen LogP contribution in [0.2, 0.25) is 0 Å². The van der Waals surface area contributed by atoms with Crippen molar-refractivity contribution in [2.75, 3.05) is 13.2 Å². The van der Waals surface area contributed by atoms with E-state index >= 15 is 0 Å². The highest BCUT2D eigenvalue weighted by molar-refractivity contribution is 7.73. The van der Waals surface area contributed by atoms with Crippen molar-refractivity contribution in [3.05, 3.63) is 129 Å². The second kappa shape index (κ2) is 18.1. The van der Waals surface area contributed by atoms with Crippen LogP contribution >= 0.6 is 31.1 Å². The summed E-state index contributed by atoms with van der Waals surface area (Å²) >= 11 is 0. The van der Waals surface area contributed by atoms with E-state index in [-0.39, 0.29) is 23.5 Å². The Balaban J connectivity index is 1.37. The maximum atomic E-state index is 13.3. The quantitative estimate of drug-likeness (QED) is 0.0751. The molecule has 26 heteroatoms. The minimum absolute atomic E-state index is 0.00737. The second-order valence-corrected chi connectivity index (χ2v) is 18.0. The van der Waals surface area contributed by atoms with Crippen LogP contribution in [0.15, 0.2) is 107 Å². The molecule has 22 nitrogen and oxygen atoms in total. The molecule has 0 amide bonds. The van der Waals surface area contributed by atoms with Gasteiger partial charge >= 0.3 is 48.7 Å². The number of esters is 2. The zero-order valence-electron chi connectivity index (χ0n) is 29.0. The molecule has 4 aromatic rings. The first-order valence-electron chi connectivity index (χ1n) is 16.1. The van der Waals surface area contributed by atoms with E-state index in [2.05, 4.69) is 12.9 Å². The van der Waals surface area contributed by atoms with Crippen molar-refractivity contribution < 1.29 is 83.8 Å². The Morgan fingerprint density at radius 1 is 0.719 bits per heavy atom. The van der Waals surface area contributed by atoms with E-state index in [9.17, 15) is 57.0 Å². The molecule has 1 fully saturated rings. The first-order valence-corrected chi connectivity index (χ1v) is 22.2. The Morgan fingerprint density at radius 3 is 1.79 bits per heavy atom. The molecule has 8 atom stereocenters. The molecular weight excluding hydrogens is 844 g/mol. The summed E-state index contributed by atoms with van der Waals surface area (Å²) in [4.78, 5) is 93.9. The summed E-state index contributed by atoms with van der Waals surface area (Å²) in [6.07, 6.45) is -6.16. The van der Waals surface area contributed by atoms with Crippen molar-refractivity contribution in [3.8, 4) is 5.75 Å². The maximum Gasteiger partial charge on any atom is 0.490 e. The highest BCUT2D eigenvalue weighted by Crippen LogP contribution is 2.71. The molecule has 306 valence electrons. The lowest BCUT2D eigenvalue weighted by Gasteiger charge is -2.25. The van der Waals surface area contributed by atoms with Gasteiger partial charge in [0.05, 0.1) is 29.6 Å². The standard InChI is InChI=1S/C31H32N2O20P4/c1-2-46-22-13-15-23(16-14-22)54(38,39)51-56(42,43)53-57(44,45)52-55(40,41)47-19-24-26(49-29(35)20-9-5-3-6-10-20)27(50-30(36)21-11-7-4-8-12-21)28(48-24)33-18-17-25(34)32-31(33)37/h3-18,24,26-28H,2,19H2,1H3,(H,38,39)(H,40,41)(H,42,43)(H,44,45)(H,32,34,37)/t24-,26-,27?,28-/m1/s1. The number of benzene rings is 3. The summed E-state index contributed by atoms with van der Waals surface area (Å²) in [5.74, 6) is -1.81. The third-order valence-electron chi connectivity index (χ3n) is 7.42. The van der Waals surface area contributed by atoms with E-state index in [4.69, 9.17) is 23.5 Å². The van der Waals surface area contributed by atoms with Gasteiger partial charge in [0.2, 0.25) is 0 Å². The van der Waals surface area contributed by atoms with Crippen LogP contribution in [-0.2, 0) is 49.9 Å². The Hall–Kier alpha value is -4.36. The Morgan fingerprint density at radius 2 is 1.25 bits per heavy atom. The molecule has 0 radical (unpaired) electrons. The van der Waals surface area contributed by atoms with Crippen LogP contribution in [0.3, 0.4) is 0 Å². The smallest absolute Gasteiger partial charge is 0.490 e. The monoisotopic (exact) mass is 876 g/mol. The van der Waals surface area contributed by atoms with Crippen LogP contribution < -0.4 is 21.3 Å². The lowest BCUT2D eigenvalue weighted by atomic mass is 10.1. The number of hydrogen-bond donors (Lipinski definition) is 5. The molecule has 5 unspecified atom stereocenters. The summed E-state index contributed by atoms with van der Waals surface area (Å²) in [6.45, 7) is 0.681. The van der Waals surface area contributed by atoms with Crippen LogP contribution in [0.1, 0.15) is 33.9 Å². The van der Waals surface area contributed by atoms with E-state index in [1.165, 1.54) is 60.7 Å². The van der Waals surface area contributed by atoms with Crippen LogP contribution in [0.25, 0.3) is 0 Å². The second-order valence-electron chi connectivity index (χ2n) is 11.4. The topological polar surface area (TPSA) is 312 Å². The van der Waals surface area contributed by atoms with Gasteiger partial charge in [-0.2, -0.15) is 8.62 Å². The fourth-order valence-corrected chi connectivity index (χ4v) is 10.5. The van der Waals surface area contributed by atoms with E-state index in [1.807, 2.05) is 4.98 Å². The molecule has 2 heterocycles. The number of nitrogens with one attached hydrogen (secondary N) is 1. The average molecular weight is 876 g/mol. The molecule has 1 aliphatic rings. The van der Waals surface area contributed by atoms with Gasteiger partial charge < -0.3 is 38.5 Å². The fourth-order valence-electron chi connectivity index (χ4n) is 5.06. The van der Waals surface area contributed by atoms with E-state index < -0.39 is 90.7 Å². The minimum Gasteiger partial charge on any atom is -0.494 e. The first-order chi connectivity index (χ1) is 26.8. The summed E-state index contributed by atoms with van der Waals surface area (Å²) < 4.78 is 90.8. The number of hydrogen-bond acceptors (Lipinski definition) is 16. The lowest BCUT2D eigenvalue weighted by molar-refractivity contribution is -0.0597. The molecule has 3 aromatic carbocycles. The van der Waals surface area contributed by atoms with Crippen molar-refractivity contribution in [2.45, 2.75) is 31.5 Å². The minimum atomic E-state index is -6.21. The number of ether oxygens (including phenoxy) is 4. The van der Waals surface area contributed by atoms with Crippen molar-refractivity contribution >= 4 is 48.3 Å². The summed E-state index contributed by atoms with van der Waals surface area (Å²) in [6, 6.07) is 19.9. The normalized spacial score (nSPS) is 22.2. The number of H-pyrrole nitrogens is 1. The molecule has 5 N–H and O–H groups in total. The van der Waals surface area contributed by atoms with Crippen molar-refractivity contribution in [2.24, 2.45) is 0 Å². The number of phosphoric acid groups is 3. The highest BCUT2D eigenvalue weighted by Gasteiger charge is 2.53. The van der Waals surface area contributed by atoms with Crippen molar-refractivity contribution in [1.29, 1.82) is 0 Å². The predicted molar refractivity (Wildman–Crippen MR) is 192 cm³/mol. The third kappa shape index (κ3) is 11.8. The Labute approximate surface area is 320 Å². The summed E-state index contributed by atoms with van der Waals surface area (Å²) in [5, 5.41) is -0.581. The lowest BCUT2D eigenvalue weighted by Crippen LogP contribution is -2.42. The molecule has 0 aliphatic carbocycles. The molecule has 1 aliphatic heterocycles. The molecule has 0 spiro atoms. The molecule has 1 saturated heterocycles. The summed E-state index contributed by atoms with van der Waals surface area (Å²) in [5.41, 5.74) is -1.96. The third-order valence-corrected chi connectivity index (χ3v) is 13.9. The molecule has 1 aromatic heterocycles. The van der Waals surface area contributed by atoms with Gasteiger partial charge in [0, 0.05) is 12.3 Å². The first kappa shape index (κ1) is 43.8. The molecule has 0 bridgehead atoms. The highest BCUT2D eigenvalue weighted by atomic mass is 31.3. The Bertz CT molecular complexity index is 2370. The van der Waals surface area contributed by atoms with Gasteiger partial charge in [-0.05, 0) is 55.5 Å². The largest absolute Gasteiger partial charge is 0.494 e. The zero-order chi connectivity index (χ0) is 41.6. The van der Waals surface area contributed by atoms with E-state index in [0.29, 0.717) is 0 Å². The number of rotatable bonds is 17. The molecular formula is C31H32N2O20P4. The predicted octanol–water partition coefficient (Wildman–Crippen LogP) is 3.16. The molecule has 5 rings (SSSR count). The van der Waals surface area contributed by atoms with Gasteiger partial charge in [-0.25, -0.2) is 32.4 Å². The SMILES string of the molecule is CCOc1ccc(P(=O)(O)OP(=O)(O)OP(=O)(O)OP(=O)(O)OC[C@H]2O[C@@H](n3ccc(=O)[nH]c3=O)C(OC(=O)c3ccccc3)[C@@H]2OC(=O)c2ccccc2)cc1. The van der Waals surface area contributed by atoms with Crippen LogP contribution in [0, 0.1) is 0 Å². The number of aromatic amines is 1.